The van der Waals surface area contributed by atoms with Gasteiger partial charge in [0.1, 0.15) is 5.82 Å². The van der Waals surface area contributed by atoms with Crippen LogP contribution in [0, 0.1) is 5.92 Å². The molecule has 1 aromatic heterocycles. The predicted octanol–water partition coefficient (Wildman–Crippen LogP) is 3.05. The van der Waals surface area contributed by atoms with Crippen LogP contribution in [0.2, 0.25) is 5.02 Å². The summed E-state index contributed by atoms with van der Waals surface area (Å²) < 4.78 is 0. The summed E-state index contributed by atoms with van der Waals surface area (Å²) in [5.74, 6) is 1.52. The lowest BCUT2D eigenvalue weighted by Gasteiger charge is -2.11. The average Bonchev–Trinajstić information content (AvgIpc) is 3.10. The highest BCUT2D eigenvalue weighted by molar-refractivity contribution is 6.31. The number of nitrogens with one attached hydrogen (secondary N) is 2. The van der Waals surface area contributed by atoms with Crippen LogP contribution in [-0.4, -0.2) is 17.6 Å². The van der Waals surface area contributed by atoms with Gasteiger partial charge in [-0.1, -0.05) is 25.4 Å². The molecule has 0 bridgehead atoms. The first-order chi connectivity index (χ1) is 8.15. The second kappa shape index (κ2) is 5.69. The van der Waals surface area contributed by atoms with Crippen LogP contribution in [0.3, 0.4) is 0 Å². The van der Waals surface area contributed by atoms with E-state index in [1.54, 1.807) is 0 Å². The Kier molecular flexibility index (Phi) is 4.24. The van der Waals surface area contributed by atoms with Crippen LogP contribution in [0.25, 0.3) is 0 Å². The van der Waals surface area contributed by atoms with E-state index in [0.29, 0.717) is 12.0 Å². The van der Waals surface area contributed by atoms with Crippen LogP contribution < -0.4 is 10.6 Å². The van der Waals surface area contributed by atoms with Crippen molar-refractivity contribution in [3.05, 3.63) is 22.8 Å². The Morgan fingerprint density at radius 2 is 2.18 bits per heavy atom. The van der Waals surface area contributed by atoms with Crippen LogP contribution in [0.5, 0.6) is 0 Å². The summed E-state index contributed by atoms with van der Waals surface area (Å²) in [6, 6.07) is 4.53. The van der Waals surface area contributed by atoms with Crippen LogP contribution in [0.1, 0.15) is 32.4 Å². The predicted molar refractivity (Wildman–Crippen MR) is 72.4 cm³/mol. The molecule has 1 saturated carbocycles. The van der Waals surface area contributed by atoms with Crippen molar-refractivity contribution in [3.8, 4) is 0 Å². The molecule has 1 heterocycles. The van der Waals surface area contributed by atoms with Crippen LogP contribution in [0.15, 0.2) is 12.1 Å². The van der Waals surface area contributed by atoms with Crippen LogP contribution >= 0.6 is 11.6 Å². The molecule has 3 nitrogen and oxygen atoms in total. The van der Waals surface area contributed by atoms with Gasteiger partial charge >= 0.3 is 0 Å². The molecule has 1 fully saturated rings. The fourth-order valence-electron chi connectivity index (χ4n) is 1.54. The van der Waals surface area contributed by atoms with E-state index in [1.165, 1.54) is 12.8 Å². The first-order valence-corrected chi connectivity index (χ1v) is 6.65. The zero-order valence-electron chi connectivity index (χ0n) is 10.5. The van der Waals surface area contributed by atoms with Gasteiger partial charge in [-0.15, -0.1) is 0 Å². The van der Waals surface area contributed by atoms with Gasteiger partial charge < -0.3 is 10.6 Å². The van der Waals surface area contributed by atoms with Crippen molar-refractivity contribution in [2.24, 2.45) is 5.92 Å². The highest BCUT2D eigenvalue weighted by Gasteiger charge is 2.20. The van der Waals surface area contributed by atoms with Crippen LogP contribution in [0.4, 0.5) is 5.82 Å². The minimum Gasteiger partial charge on any atom is -0.370 e. The Balaban J connectivity index is 1.94. The fraction of sp³-hybridized carbons (Fsp3) is 0.615. The molecular formula is C13H20ClN3. The number of hydrogen-bond acceptors (Lipinski definition) is 3. The molecule has 17 heavy (non-hydrogen) atoms. The Bertz CT molecular complexity index is 375. The van der Waals surface area contributed by atoms with Crippen molar-refractivity contribution in [1.29, 1.82) is 0 Å². The van der Waals surface area contributed by atoms with Crippen molar-refractivity contribution in [3.63, 3.8) is 0 Å². The Morgan fingerprint density at radius 3 is 2.82 bits per heavy atom. The average molecular weight is 254 g/mol. The van der Waals surface area contributed by atoms with Crippen molar-refractivity contribution in [2.75, 3.05) is 11.9 Å². The van der Waals surface area contributed by atoms with Gasteiger partial charge in [-0.05, 0) is 30.9 Å². The van der Waals surface area contributed by atoms with E-state index in [2.05, 4.69) is 29.5 Å². The molecular weight excluding hydrogens is 234 g/mol. The number of nitrogens with zero attached hydrogens (tertiary/aromatic N) is 1. The molecule has 2 N–H and O–H groups in total. The molecule has 1 aliphatic carbocycles. The van der Waals surface area contributed by atoms with Gasteiger partial charge in [0.05, 0.1) is 10.7 Å². The molecule has 4 heteroatoms. The summed E-state index contributed by atoms with van der Waals surface area (Å²) in [7, 11) is 0. The number of anilines is 1. The minimum atomic E-state index is 0.612. The monoisotopic (exact) mass is 253 g/mol. The third-order valence-corrected chi connectivity index (χ3v) is 3.09. The minimum absolute atomic E-state index is 0.612. The molecule has 94 valence electrons. The normalized spacial score (nSPS) is 15.3. The summed E-state index contributed by atoms with van der Waals surface area (Å²) >= 11 is 6.13. The van der Waals surface area contributed by atoms with Crippen molar-refractivity contribution in [2.45, 2.75) is 39.3 Å². The van der Waals surface area contributed by atoms with Crippen molar-refractivity contribution >= 4 is 17.4 Å². The zero-order chi connectivity index (χ0) is 12.3. The summed E-state index contributed by atoms with van der Waals surface area (Å²) in [5.41, 5.74) is 0.937. The van der Waals surface area contributed by atoms with Gasteiger partial charge in [0.25, 0.3) is 0 Å². The molecule has 0 amide bonds. The van der Waals surface area contributed by atoms with Gasteiger partial charge in [0, 0.05) is 19.1 Å². The third-order valence-electron chi connectivity index (χ3n) is 2.75. The van der Waals surface area contributed by atoms with Crippen LogP contribution in [-0.2, 0) is 6.54 Å². The molecule has 0 aliphatic heterocycles. The zero-order valence-corrected chi connectivity index (χ0v) is 11.2. The number of hydrogen-bond donors (Lipinski definition) is 2. The van der Waals surface area contributed by atoms with E-state index in [9.17, 15) is 0 Å². The molecule has 2 rings (SSSR count). The van der Waals surface area contributed by atoms with E-state index in [0.717, 1.165) is 29.6 Å². The second-order valence-electron chi connectivity index (χ2n) is 5.05. The molecule has 1 aromatic rings. The lowest BCUT2D eigenvalue weighted by Crippen LogP contribution is -2.17. The lowest BCUT2D eigenvalue weighted by molar-refractivity contribution is 0.670. The Hall–Kier alpha value is -0.800. The largest absolute Gasteiger partial charge is 0.370 e. The van der Waals surface area contributed by atoms with Crippen molar-refractivity contribution < 1.29 is 0 Å². The van der Waals surface area contributed by atoms with Gasteiger partial charge in [-0.25, -0.2) is 4.98 Å². The summed E-state index contributed by atoms with van der Waals surface area (Å²) in [5, 5.41) is 7.49. The number of rotatable bonds is 6. The molecule has 0 aromatic carbocycles. The summed E-state index contributed by atoms with van der Waals surface area (Å²) in [6.07, 6.45) is 2.56. The Labute approximate surface area is 108 Å². The lowest BCUT2D eigenvalue weighted by atomic mass is 10.2. The molecule has 1 aliphatic rings. The van der Waals surface area contributed by atoms with E-state index in [1.807, 2.05) is 12.1 Å². The van der Waals surface area contributed by atoms with E-state index in [4.69, 9.17) is 11.6 Å². The van der Waals surface area contributed by atoms with Gasteiger partial charge in [-0.3, -0.25) is 0 Å². The van der Waals surface area contributed by atoms with E-state index in [-0.39, 0.29) is 0 Å². The summed E-state index contributed by atoms with van der Waals surface area (Å²) in [6.45, 7) is 6.06. The maximum Gasteiger partial charge on any atom is 0.126 e. The summed E-state index contributed by atoms with van der Waals surface area (Å²) in [4.78, 5) is 4.54. The van der Waals surface area contributed by atoms with Gasteiger partial charge in [0.2, 0.25) is 0 Å². The number of halogens is 1. The standard InChI is InChI=1S/C13H20ClN3/c1-9(2)7-16-13-6-5-11(14)12(17-13)8-15-10-3-4-10/h5-6,9-10,15H,3-4,7-8H2,1-2H3,(H,16,17). The SMILES string of the molecule is CC(C)CNc1ccc(Cl)c(CNC2CC2)n1. The molecule has 0 saturated heterocycles. The Morgan fingerprint density at radius 1 is 1.41 bits per heavy atom. The fourth-order valence-corrected chi connectivity index (χ4v) is 1.72. The highest BCUT2D eigenvalue weighted by atomic mass is 35.5. The first kappa shape index (κ1) is 12.7. The molecule has 0 radical (unpaired) electrons. The van der Waals surface area contributed by atoms with Gasteiger partial charge in [0.15, 0.2) is 0 Å². The third kappa shape index (κ3) is 4.17. The van der Waals surface area contributed by atoms with Crippen molar-refractivity contribution in [1.82, 2.24) is 10.3 Å². The first-order valence-electron chi connectivity index (χ1n) is 6.28. The number of aromatic nitrogens is 1. The highest BCUT2D eigenvalue weighted by Crippen LogP contribution is 2.21. The maximum atomic E-state index is 6.13. The van der Waals surface area contributed by atoms with E-state index < -0.39 is 0 Å². The second-order valence-corrected chi connectivity index (χ2v) is 5.46. The quantitative estimate of drug-likeness (QED) is 0.818. The topological polar surface area (TPSA) is 37.0 Å². The van der Waals surface area contributed by atoms with E-state index >= 15 is 0 Å². The smallest absolute Gasteiger partial charge is 0.126 e. The van der Waals surface area contributed by atoms with Gasteiger partial charge in [-0.2, -0.15) is 0 Å². The number of pyridine rings is 1. The molecule has 0 spiro atoms. The molecule has 0 unspecified atom stereocenters. The molecule has 0 atom stereocenters. The maximum absolute atomic E-state index is 6.13.